The minimum absolute atomic E-state index is 0.0445. The fourth-order valence-electron chi connectivity index (χ4n) is 3.15. The summed E-state index contributed by atoms with van der Waals surface area (Å²) < 4.78 is 7.01. The number of carbonyl (C=O) groups excluding carboxylic acids is 3. The van der Waals surface area contributed by atoms with Gasteiger partial charge in [0.05, 0.1) is 6.20 Å². The highest BCUT2D eigenvalue weighted by Crippen LogP contribution is 2.22. The molecular weight excluding hydrogens is 426 g/mol. The fraction of sp³-hybridized carbons (Fsp3) is 0.250. The van der Waals surface area contributed by atoms with Crippen molar-refractivity contribution in [3.05, 3.63) is 77.6 Å². The van der Waals surface area contributed by atoms with Gasteiger partial charge in [-0.15, -0.1) is 0 Å². The second-order valence-corrected chi connectivity index (χ2v) is 7.86. The number of amides is 1. The van der Waals surface area contributed by atoms with Crippen LogP contribution >= 0.6 is 11.8 Å². The van der Waals surface area contributed by atoms with Crippen LogP contribution in [0.4, 0.5) is 0 Å². The molecule has 0 spiro atoms. The lowest BCUT2D eigenvalue weighted by atomic mass is 10.1. The highest BCUT2D eigenvalue weighted by molar-refractivity contribution is 7.98. The SMILES string of the molecule is CSc1ncc(C(=O)OCC(=O)c2ccc(CCCNC(C)=O)cc2)n1-c1ccccc1. The summed E-state index contributed by atoms with van der Waals surface area (Å²) in [7, 11) is 0. The Kier molecular flexibility index (Phi) is 8.21. The maximum atomic E-state index is 12.7. The quantitative estimate of drug-likeness (QED) is 0.219. The van der Waals surface area contributed by atoms with Gasteiger partial charge in [-0.1, -0.05) is 54.2 Å². The number of imidazole rings is 1. The minimum Gasteiger partial charge on any atom is -0.453 e. The van der Waals surface area contributed by atoms with Crippen molar-refractivity contribution in [3.8, 4) is 5.69 Å². The molecule has 2 aromatic carbocycles. The van der Waals surface area contributed by atoms with E-state index < -0.39 is 5.97 Å². The van der Waals surface area contributed by atoms with Crippen LogP contribution in [0.1, 0.15) is 39.8 Å². The number of nitrogens with one attached hydrogen (secondary N) is 1. The number of benzene rings is 2. The predicted octanol–water partition coefficient (Wildman–Crippen LogP) is 3.70. The number of aryl methyl sites for hydroxylation is 1. The number of aromatic nitrogens is 2. The number of thioether (sulfide) groups is 1. The van der Waals surface area contributed by atoms with Crippen LogP contribution in [0.5, 0.6) is 0 Å². The van der Waals surface area contributed by atoms with Gasteiger partial charge in [-0.2, -0.15) is 0 Å². The van der Waals surface area contributed by atoms with Crippen molar-refractivity contribution in [3.63, 3.8) is 0 Å². The van der Waals surface area contributed by atoms with Crippen LogP contribution in [0.15, 0.2) is 66.0 Å². The molecule has 0 bridgehead atoms. The summed E-state index contributed by atoms with van der Waals surface area (Å²) in [6.07, 6.45) is 4.95. The van der Waals surface area contributed by atoms with Gasteiger partial charge in [0.25, 0.3) is 0 Å². The number of hydrogen-bond acceptors (Lipinski definition) is 6. The van der Waals surface area contributed by atoms with Gasteiger partial charge in [-0.05, 0) is 36.8 Å². The van der Waals surface area contributed by atoms with E-state index in [-0.39, 0.29) is 24.0 Å². The Hall–Kier alpha value is -3.39. The maximum Gasteiger partial charge on any atom is 0.357 e. The van der Waals surface area contributed by atoms with E-state index in [4.69, 9.17) is 4.74 Å². The van der Waals surface area contributed by atoms with Gasteiger partial charge in [-0.3, -0.25) is 14.2 Å². The molecule has 32 heavy (non-hydrogen) atoms. The van der Waals surface area contributed by atoms with E-state index in [0.717, 1.165) is 24.1 Å². The van der Waals surface area contributed by atoms with Gasteiger partial charge in [0, 0.05) is 24.7 Å². The van der Waals surface area contributed by atoms with Gasteiger partial charge in [0.15, 0.2) is 23.2 Å². The highest BCUT2D eigenvalue weighted by Gasteiger charge is 2.20. The molecular formula is C24H25N3O4S. The smallest absolute Gasteiger partial charge is 0.357 e. The molecule has 3 rings (SSSR count). The third-order valence-corrected chi connectivity index (χ3v) is 5.42. The molecule has 166 valence electrons. The van der Waals surface area contributed by atoms with Crippen LogP contribution in [0.3, 0.4) is 0 Å². The fourth-order valence-corrected chi connectivity index (χ4v) is 3.70. The molecule has 0 unspecified atom stereocenters. The second-order valence-electron chi connectivity index (χ2n) is 7.08. The van der Waals surface area contributed by atoms with Crippen molar-refractivity contribution in [2.75, 3.05) is 19.4 Å². The molecule has 0 aliphatic heterocycles. The minimum atomic E-state index is -0.607. The summed E-state index contributed by atoms with van der Waals surface area (Å²) in [6.45, 7) is 1.75. The van der Waals surface area contributed by atoms with Crippen LogP contribution in [0.2, 0.25) is 0 Å². The van der Waals surface area contributed by atoms with Crippen LogP contribution < -0.4 is 5.32 Å². The van der Waals surface area contributed by atoms with Crippen LogP contribution in [-0.4, -0.2) is 46.6 Å². The van der Waals surface area contributed by atoms with Crippen molar-refractivity contribution in [1.29, 1.82) is 0 Å². The molecule has 7 nitrogen and oxygen atoms in total. The monoisotopic (exact) mass is 451 g/mol. The third-order valence-electron chi connectivity index (χ3n) is 4.76. The number of nitrogens with zero attached hydrogens (tertiary/aromatic N) is 2. The zero-order chi connectivity index (χ0) is 22.9. The van der Waals surface area contributed by atoms with E-state index in [1.807, 2.05) is 48.7 Å². The van der Waals surface area contributed by atoms with Crippen LogP contribution in [0, 0.1) is 0 Å². The largest absolute Gasteiger partial charge is 0.453 e. The molecule has 1 heterocycles. The molecule has 1 aromatic heterocycles. The zero-order valence-corrected chi connectivity index (χ0v) is 18.9. The Morgan fingerprint density at radius 1 is 1.06 bits per heavy atom. The molecule has 0 aliphatic carbocycles. The number of ketones is 1. The van der Waals surface area contributed by atoms with Crippen molar-refractivity contribution < 1.29 is 19.1 Å². The Balaban J connectivity index is 1.59. The van der Waals surface area contributed by atoms with Gasteiger partial charge in [0.1, 0.15) is 0 Å². The van der Waals surface area contributed by atoms with Crippen molar-refractivity contribution in [1.82, 2.24) is 14.9 Å². The number of esters is 1. The molecule has 0 radical (unpaired) electrons. The van der Waals surface area contributed by atoms with E-state index in [1.165, 1.54) is 24.9 Å². The maximum absolute atomic E-state index is 12.7. The summed E-state index contributed by atoms with van der Waals surface area (Å²) in [4.78, 5) is 40.3. The lowest BCUT2D eigenvalue weighted by Gasteiger charge is -2.10. The van der Waals surface area contributed by atoms with E-state index in [0.29, 0.717) is 17.3 Å². The Morgan fingerprint density at radius 2 is 1.78 bits per heavy atom. The first-order valence-electron chi connectivity index (χ1n) is 10.2. The number of Topliss-reactive ketones (excluding diaryl/α,β-unsaturated/α-hetero) is 1. The second kappa shape index (κ2) is 11.3. The molecule has 1 N–H and O–H groups in total. The molecule has 0 aliphatic rings. The van der Waals surface area contributed by atoms with Crippen molar-refractivity contribution >= 4 is 29.4 Å². The number of ether oxygens (including phenoxy) is 1. The Morgan fingerprint density at radius 3 is 2.44 bits per heavy atom. The van der Waals surface area contributed by atoms with E-state index in [2.05, 4.69) is 10.3 Å². The molecule has 1 amide bonds. The number of rotatable bonds is 10. The lowest BCUT2D eigenvalue weighted by Crippen LogP contribution is -2.21. The predicted molar refractivity (Wildman–Crippen MR) is 123 cm³/mol. The zero-order valence-electron chi connectivity index (χ0n) is 18.0. The summed E-state index contributed by atoms with van der Waals surface area (Å²) >= 11 is 1.42. The van der Waals surface area contributed by atoms with Crippen LogP contribution in [0.25, 0.3) is 5.69 Å². The Bertz CT molecular complexity index is 1080. The number of carbonyl (C=O) groups is 3. The van der Waals surface area contributed by atoms with E-state index in [9.17, 15) is 14.4 Å². The van der Waals surface area contributed by atoms with Gasteiger partial charge in [-0.25, -0.2) is 9.78 Å². The van der Waals surface area contributed by atoms with Crippen molar-refractivity contribution in [2.24, 2.45) is 0 Å². The number of para-hydroxylation sites is 1. The molecule has 8 heteroatoms. The first kappa shape index (κ1) is 23.3. The molecule has 0 atom stereocenters. The van der Waals surface area contributed by atoms with E-state index >= 15 is 0 Å². The average molecular weight is 452 g/mol. The highest BCUT2D eigenvalue weighted by atomic mass is 32.2. The lowest BCUT2D eigenvalue weighted by molar-refractivity contribution is -0.118. The van der Waals surface area contributed by atoms with Crippen molar-refractivity contribution in [2.45, 2.75) is 24.9 Å². The summed E-state index contributed by atoms with van der Waals surface area (Å²) in [5.74, 6) is -0.930. The normalized spacial score (nSPS) is 10.6. The average Bonchev–Trinajstić information content (AvgIpc) is 3.25. The molecule has 0 fully saturated rings. The van der Waals surface area contributed by atoms with Gasteiger partial charge in [0.2, 0.25) is 5.91 Å². The van der Waals surface area contributed by atoms with Crippen LogP contribution in [-0.2, 0) is 16.0 Å². The summed E-state index contributed by atoms with van der Waals surface area (Å²) in [6, 6.07) is 16.6. The first-order valence-corrected chi connectivity index (χ1v) is 11.4. The molecule has 3 aromatic rings. The molecule has 0 saturated heterocycles. The molecule has 0 saturated carbocycles. The first-order chi connectivity index (χ1) is 15.5. The Labute approximate surface area is 191 Å². The van der Waals surface area contributed by atoms with E-state index in [1.54, 1.807) is 16.7 Å². The standard InChI is InChI=1S/C24H25N3O4S/c1-17(28)25-14-6-7-18-10-12-19(13-11-18)22(29)16-31-23(30)21-15-26-24(32-2)27(21)20-8-4-3-5-9-20/h3-5,8-13,15H,6-7,14,16H2,1-2H3,(H,25,28). The third kappa shape index (κ3) is 6.07. The van der Waals surface area contributed by atoms with Gasteiger partial charge < -0.3 is 10.1 Å². The summed E-state index contributed by atoms with van der Waals surface area (Å²) in [5, 5.41) is 3.41. The topological polar surface area (TPSA) is 90.3 Å². The summed E-state index contributed by atoms with van der Waals surface area (Å²) in [5.41, 5.74) is 2.61. The van der Waals surface area contributed by atoms with Gasteiger partial charge >= 0.3 is 5.97 Å². The number of hydrogen-bond donors (Lipinski definition) is 1.